The number of rotatable bonds is 6. The predicted octanol–water partition coefficient (Wildman–Crippen LogP) is 1.34. The Kier molecular flexibility index (Phi) is 5.15. The minimum absolute atomic E-state index is 0.349. The van der Waals surface area contributed by atoms with Crippen molar-refractivity contribution in [3.63, 3.8) is 0 Å². The molecular formula is C13H23NO3. The molecule has 1 rings (SSSR count). The zero-order valence-electron chi connectivity index (χ0n) is 10.9. The van der Waals surface area contributed by atoms with Crippen molar-refractivity contribution >= 4 is 5.97 Å². The van der Waals surface area contributed by atoms with Crippen LogP contribution in [-0.4, -0.2) is 48.3 Å². The molecule has 0 radical (unpaired) electrons. The van der Waals surface area contributed by atoms with Gasteiger partial charge < -0.3 is 9.84 Å². The van der Waals surface area contributed by atoms with E-state index in [1.54, 1.807) is 6.92 Å². The van der Waals surface area contributed by atoms with Crippen molar-refractivity contribution in [2.24, 2.45) is 0 Å². The molecule has 0 unspecified atom stereocenters. The van der Waals surface area contributed by atoms with Gasteiger partial charge in [-0.2, -0.15) is 0 Å². The fourth-order valence-electron chi connectivity index (χ4n) is 2.37. The summed E-state index contributed by atoms with van der Waals surface area (Å²) in [6, 6.07) is 0. The van der Waals surface area contributed by atoms with Crippen molar-refractivity contribution in [3.05, 3.63) is 12.2 Å². The van der Waals surface area contributed by atoms with Crippen molar-refractivity contribution in [2.45, 2.75) is 38.2 Å². The number of hydrogen-bond donors (Lipinski definition) is 1. The van der Waals surface area contributed by atoms with E-state index in [4.69, 9.17) is 4.74 Å². The van der Waals surface area contributed by atoms with Crippen molar-refractivity contribution in [1.82, 2.24) is 4.90 Å². The van der Waals surface area contributed by atoms with Crippen molar-refractivity contribution in [1.29, 1.82) is 0 Å². The molecule has 1 saturated carbocycles. The lowest BCUT2D eigenvalue weighted by Gasteiger charge is -2.28. The van der Waals surface area contributed by atoms with Crippen LogP contribution >= 0.6 is 0 Å². The third-order valence-electron chi connectivity index (χ3n) is 3.12. The van der Waals surface area contributed by atoms with E-state index in [1.807, 2.05) is 11.9 Å². The lowest BCUT2D eigenvalue weighted by molar-refractivity contribution is -0.138. The second-order valence-corrected chi connectivity index (χ2v) is 4.93. The molecule has 0 aliphatic heterocycles. The van der Waals surface area contributed by atoms with Gasteiger partial charge in [-0.25, -0.2) is 4.79 Å². The molecule has 1 fully saturated rings. The van der Waals surface area contributed by atoms with E-state index in [-0.39, 0.29) is 5.97 Å². The zero-order chi connectivity index (χ0) is 12.9. The molecule has 1 N–H and O–H groups in total. The van der Waals surface area contributed by atoms with Crippen LogP contribution in [0.5, 0.6) is 0 Å². The molecule has 0 amide bonds. The first kappa shape index (κ1) is 14.2. The van der Waals surface area contributed by atoms with Gasteiger partial charge in [0.15, 0.2) is 0 Å². The van der Waals surface area contributed by atoms with E-state index in [2.05, 4.69) is 6.58 Å². The van der Waals surface area contributed by atoms with Crippen LogP contribution in [0.15, 0.2) is 12.2 Å². The van der Waals surface area contributed by atoms with Gasteiger partial charge in [-0.05, 0) is 26.8 Å². The average Bonchev–Trinajstić information content (AvgIpc) is 2.64. The first-order valence-corrected chi connectivity index (χ1v) is 6.23. The Morgan fingerprint density at radius 2 is 2.06 bits per heavy atom. The molecule has 98 valence electrons. The SMILES string of the molecule is C=C(CN(C)CC1(O)CCCC1)C(=O)OCC. The first-order valence-electron chi connectivity index (χ1n) is 6.23. The predicted molar refractivity (Wildman–Crippen MR) is 66.7 cm³/mol. The molecule has 4 nitrogen and oxygen atoms in total. The maximum absolute atomic E-state index is 11.4. The van der Waals surface area contributed by atoms with E-state index in [9.17, 15) is 9.90 Å². The van der Waals surface area contributed by atoms with Crippen LogP contribution in [0.4, 0.5) is 0 Å². The van der Waals surface area contributed by atoms with E-state index < -0.39 is 5.60 Å². The molecule has 0 atom stereocenters. The standard InChI is InChI=1S/C13H23NO3/c1-4-17-12(15)11(2)9-14(3)10-13(16)7-5-6-8-13/h16H,2,4-10H2,1,3H3. The largest absolute Gasteiger partial charge is 0.463 e. The van der Waals surface area contributed by atoms with Crippen LogP contribution in [0.2, 0.25) is 0 Å². The van der Waals surface area contributed by atoms with Crippen LogP contribution in [-0.2, 0) is 9.53 Å². The second kappa shape index (κ2) is 6.17. The number of ether oxygens (including phenoxy) is 1. The highest BCUT2D eigenvalue weighted by Gasteiger charge is 2.32. The highest BCUT2D eigenvalue weighted by atomic mass is 16.5. The summed E-state index contributed by atoms with van der Waals surface area (Å²) in [6.45, 7) is 6.89. The zero-order valence-corrected chi connectivity index (χ0v) is 10.9. The van der Waals surface area contributed by atoms with Gasteiger partial charge in [-0.1, -0.05) is 19.4 Å². The van der Waals surface area contributed by atoms with Crippen molar-refractivity contribution < 1.29 is 14.6 Å². The Morgan fingerprint density at radius 3 is 2.59 bits per heavy atom. The summed E-state index contributed by atoms with van der Waals surface area (Å²) in [7, 11) is 1.89. The van der Waals surface area contributed by atoms with Gasteiger partial charge in [0.2, 0.25) is 0 Å². The number of carbonyl (C=O) groups is 1. The summed E-state index contributed by atoms with van der Waals surface area (Å²) < 4.78 is 4.87. The number of esters is 1. The fourth-order valence-corrected chi connectivity index (χ4v) is 2.37. The fraction of sp³-hybridized carbons (Fsp3) is 0.769. The van der Waals surface area contributed by atoms with Crippen molar-refractivity contribution in [2.75, 3.05) is 26.7 Å². The van der Waals surface area contributed by atoms with Crippen molar-refractivity contribution in [3.8, 4) is 0 Å². The summed E-state index contributed by atoms with van der Waals surface area (Å²) in [6.07, 6.45) is 3.87. The summed E-state index contributed by atoms with van der Waals surface area (Å²) in [5.74, 6) is -0.349. The van der Waals surface area contributed by atoms with Crippen LogP contribution in [0.1, 0.15) is 32.6 Å². The van der Waals surface area contributed by atoms with Gasteiger partial charge in [-0.15, -0.1) is 0 Å². The van der Waals surface area contributed by atoms with E-state index >= 15 is 0 Å². The summed E-state index contributed by atoms with van der Waals surface area (Å²) in [5.41, 5.74) is -0.139. The summed E-state index contributed by atoms with van der Waals surface area (Å²) >= 11 is 0. The maximum Gasteiger partial charge on any atom is 0.334 e. The molecule has 17 heavy (non-hydrogen) atoms. The number of hydrogen-bond acceptors (Lipinski definition) is 4. The molecule has 0 spiro atoms. The Labute approximate surface area is 103 Å². The number of carbonyl (C=O) groups excluding carboxylic acids is 1. The van der Waals surface area contributed by atoms with Crippen LogP contribution < -0.4 is 0 Å². The molecule has 1 aliphatic rings. The van der Waals surface area contributed by atoms with Gasteiger partial charge in [0.25, 0.3) is 0 Å². The molecule has 0 aromatic rings. The minimum Gasteiger partial charge on any atom is -0.463 e. The Hall–Kier alpha value is -0.870. The van der Waals surface area contributed by atoms with Gasteiger partial charge in [0.05, 0.1) is 12.2 Å². The molecule has 0 heterocycles. The van der Waals surface area contributed by atoms with Gasteiger partial charge >= 0.3 is 5.97 Å². The topological polar surface area (TPSA) is 49.8 Å². The number of likely N-dealkylation sites (N-methyl/N-ethyl adjacent to an activating group) is 1. The average molecular weight is 241 g/mol. The van der Waals surface area contributed by atoms with Crippen LogP contribution in [0.25, 0.3) is 0 Å². The number of aliphatic hydroxyl groups is 1. The molecule has 0 saturated heterocycles. The lowest BCUT2D eigenvalue weighted by Crippen LogP contribution is -2.40. The Balaban J connectivity index is 2.36. The maximum atomic E-state index is 11.4. The minimum atomic E-state index is -0.580. The molecule has 0 bridgehead atoms. The molecule has 1 aliphatic carbocycles. The molecular weight excluding hydrogens is 218 g/mol. The number of nitrogens with zero attached hydrogens (tertiary/aromatic N) is 1. The van der Waals surface area contributed by atoms with E-state index in [1.165, 1.54) is 0 Å². The van der Waals surface area contributed by atoms with E-state index in [0.717, 1.165) is 25.7 Å². The summed E-state index contributed by atoms with van der Waals surface area (Å²) in [5, 5.41) is 10.2. The quantitative estimate of drug-likeness (QED) is 0.563. The third kappa shape index (κ3) is 4.48. The highest BCUT2D eigenvalue weighted by molar-refractivity contribution is 5.88. The monoisotopic (exact) mass is 241 g/mol. The third-order valence-corrected chi connectivity index (χ3v) is 3.12. The molecule has 4 heteroatoms. The highest BCUT2D eigenvalue weighted by Crippen LogP contribution is 2.29. The first-order chi connectivity index (χ1) is 7.97. The smallest absolute Gasteiger partial charge is 0.334 e. The van der Waals surface area contributed by atoms with E-state index in [0.29, 0.717) is 25.3 Å². The summed E-state index contributed by atoms with van der Waals surface area (Å²) in [4.78, 5) is 13.3. The van der Waals surface area contributed by atoms with Gasteiger partial charge in [-0.3, -0.25) is 4.90 Å². The normalized spacial score (nSPS) is 18.4. The van der Waals surface area contributed by atoms with Crippen LogP contribution in [0.3, 0.4) is 0 Å². The lowest BCUT2D eigenvalue weighted by atomic mass is 10.0. The van der Waals surface area contributed by atoms with Gasteiger partial charge in [0, 0.05) is 18.7 Å². The Bertz CT molecular complexity index is 282. The molecule has 0 aromatic heterocycles. The van der Waals surface area contributed by atoms with Gasteiger partial charge in [0.1, 0.15) is 0 Å². The Morgan fingerprint density at radius 1 is 1.47 bits per heavy atom. The van der Waals surface area contributed by atoms with Crippen LogP contribution in [0, 0.1) is 0 Å². The molecule has 0 aromatic carbocycles. The second-order valence-electron chi connectivity index (χ2n) is 4.93.